The SMILES string of the molecule is C#C[C@H]1CSC(CO)O1.C=C(C)/C=C(N)\C=C/C. The molecule has 1 aliphatic rings. The molecule has 100 valence electrons. The van der Waals surface area contributed by atoms with E-state index in [0.29, 0.717) is 0 Å². The number of rotatable bonds is 3. The molecule has 1 rings (SSSR count). The minimum absolute atomic E-state index is 0.0584. The summed E-state index contributed by atoms with van der Waals surface area (Å²) >= 11 is 1.56. The van der Waals surface area contributed by atoms with Crippen LogP contribution in [0, 0.1) is 12.3 Å². The fourth-order valence-electron chi connectivity index (χ4n) is 1.16. The lowest BCUT2D eigenvalue weighted by atomic mass is 10.2. The Labute approximate surface area is 114 Å². The molecule has 1 aliphatic heterocycles. The van der Waals surface area contributed by atoms with E-state index in [1.165, 1.54) is 0 Å². The van der Waals surface area contributed by atoms with E-state index in [-0.39, 0.29) is 18.1 Å². The van der Waals surface area contributed by atoms with Crippen LogP contribution in [-0.2, 0) is 4.74 Å². The molecule has 1 saturated heterocycles. The van der Waals surface area contributed by atoms with E-state index in [9.17, 15) is 0 Å². The van der Waals surface area contributed by atoms with Gasteiger partial charge in [-0.05, 0) is 26.0 Å². The summed E-state index contributed by atoms with van der Waals surface area (Å²) in [5.74, 6) is 3.28. The Morgan fingerprint density at radius 3 is 2.72 bits per heavy atom. The van der Waals surface area contributed by atoms with Gasteiger partial charge in [0.1, 0.15) is 11.5 Å². The van der Waals surface area contributed by atoms with Gasteiger partial charge in [-0.1, -0.05) is 24.1 Å². The van der Waals surface area contributed by atoms with Crippen molar-refractivity contribution in [2.45, 2.75) is 25.4 Å². The van der Waals surface area contributed by atoms with Gasteiger partial charge in [0, 0.05) is 11.4 Å². The van der Waals surface area contributed by atoms with Crippen LogP contribution in [0.5, 0.6) is 0 Å². The van der Waals surface area contributed by atoms with Crippen LogP contribution in [-0.4, -0.2) is 29.0 Å². The van der Waals surface area contributed by atoms with Crippen LogP contribution in [0.4, 0.5) is 0 Å². The van der Waals surface area contributed by atoms with Crippen molar-refractivity contribution in [1.82, 2.24) is 0 Å². The van der Waals surface area contributed by atoms with Crippen LogP contribution < -0.4 is 5.73 Å². The summed E-state index contributed by atoms with van der Waals surface area (Å²) in [6, 6.07) is 0. The molecular formula is C14H21NO2S. The number of allylic oxidation sites excluding steroid dienone is 4. The molecule has 0 aromatic rings. The standard InChI is InChI=1S/C8H13N.C6H8O2S/c1-4-5-8(9)6-7(2)3;1-2-5-4-9-6(3-7)8-5/h4-6H,2,9H2,1,3H3;1,5-7H,3-4H2/b5-4-,8-6+;/t;5-,6?/m.0/s1. The normalized spacial score (nSPS) is 23.3. The predicted octanol–water partition coefficient (Wildman–Crippen LogP) is 2.05. The molecule has 0 aromatic heterocycles. The summed E-state index contributed by atoms with van der Waals surface area (Å²) in [5.41, 5.74) is 7.14. The fraction of sp³-hybridized carbons (Fsp3) is 0.429. The molecule has 0 amide bonds. The lowest BCUT2D eigenvalue weighted by Crippen LogP contribution is -2.11. The van der Waals surface area contributed by atoms with Crippen molar-refractivity contribution >= 4 is 11.8 Å². The molecule has 18 heavy (non-hydrogen) atoms. The quantitative estimate of drug-likeness (QED) is 0.607. The van der Waals surface area contributed by atoms with E-state index >= 15 is 0 Å². The third kappa shape index (κ3) is 8.02. The fourth-order valence-corrected chi connectivity index (χ4v) is 2.05. The van der Waals surface area contributed by atoms with Gasteiger partial charge in [-0.2, -0.15) is 0 Å². The number of hydrogen-bond acceptors (Lipinski definition) is 4. The Hall–Kier alpha value is -1.15. The molecule has 0 bridgehead atoms. The van der Waals surface area contributed by atoms with Gasteiger partial charge in [0.25, 0.3) is 0 Å². The second-order valence-corrected chi connectivity index (χ2v) is 4.92. The van der Waals surface area contributed by atoms with E-state index in [1.54, 1.807) is 11.8 Å². The molecule has 3 N–H and O–H groups in total. The lowest BCUT2D eigenvalue weighted by molar-refractivity contribution is 0.0622. The van der Waals surface area contributed by atoms with E-state index in [1.807, 2.05) is 32.1 Å². The third-order valence-corrected chi connectivity index (χ3v) is 2.98. The maximum Gasteiger partial charge on any atom is 0.128 e. The first-order valence-corrected chi connectivity index (χ1v) is 6.67. The molecule has 3 nitrogen and oxygen atoms in total. The molecule has 0 spiro atoms. The van der Waals surface area contributed by atoms with Crippen LogP contribution in [0.2, 0.25) is 0 Å². The van der Waals surface area contributed by atoms with Gasteiger partial charge in [0.05, 0.1) is 6.61 Å². The first-order chi connectivity index (χ1) is 8.53. The number of nitrogens with two attached hydrogens (primary N) is 1. The Balaban J connectivity index is 0.000000321. The van der Waals surface area contributed by atoms with Gasteiger partial charge in [-0.15, -0.1) is 18.2 Å². The molecular weight excluding hydrogens is 246 g/mol. The molecule has 0 saturated carbocycles. The van der Waals surface area contributed by atoms with Gasteiger partial charge >= 0.3 is 0 Å². The highest BCUT2D eigenvalue weighted by atomic mass is 32.2. The maximum absolute atomic E-state index is 8.56. The van der Waals surface area contributed by atoms with Crippen molar-refractivity contribution in [3.63, 3.8) is 0 Å². The number of ether oxygens (including phenoxy) is 1. The number of aliphatic hydroxyl groups is 1. The van der Waals surface area contributed by atoms with Crippen LogP contribution in [0.15, 0.2) is 36.1 Å². The van der Waals surface area contributed by atoms with Gasteiger partial charge in [-0.25, -0.2) is 0 Å². The average molecular weight is 267 g/mol. The summed E-state index contributed by atoms with van der Waals surface area (Å²) in [6.45, 7) is 7.59. The topological polar surface area (TPSA) is 55.5 Å². The molecule has 1 unspecified atom stereocenters. The van der Waals surface area contributed by atoms with Crippen LogP contribution >= 0.6 is 11.8 Å². The van der Waals surface area contributed by atoms with E-state index in [2.05, 4.69) is 12.5 Å². The Kier molecular flexibility index (Phi) is 9.21. The van der Waals surface area contributed by atoms with Gasteiger partial charge in [0.2, 0.25) is 0 Å². The third-order valence-electron chi connectivity index (χ3n) is 1.86. The first-order valence-electron chi connectivity index (χ1n) is 5.62. The summed E-state index contributed by atoms with van der Waals surface area (Å²) in [5, 5.41) is 8.56. The van der Waals surface area contributed by atoms with Crippen LogP contribution in [0.3, 0.4) is 0 Å². The summed E-state index contributed by atoms with van der Waals surface area (Å²) < 4.78 is 5.14. The second-order valence-electron chi connectivity index (χ2n) is 3.73. The van der Waals surface area contributed by atoms with Crippen LogP contribution in [0.1, 0.15) is 13.8 Å². The molecule has 4 heteroatoms. The van der Waals surface area contributed by atoms with Gasteiger partial charge < -0.3 is 15.6 Å². The minimum atomic E-state index is -0.0916. The predicted molar refractivity (Wildman–Crippen MR) is 78.9 cm³/mol. The summed E-state index contributed by atoms with van der Waals surface area (Å²) in [7, 11) is 0. The number of aliphatic hydroxyl groups excluding tert-OH is 1. The summed E-state index contributed by atoms with van der Waals surface area (Å²) in [4.78, 5) is 0. The number of hydrogen-bond donors (Lipinski definition) is 2. The van der Waals surface area contributed by atoms with Crippen molar-refractivity contribution < 1.29 is 9.84 Å². The molecule has 0 aliphatic carbocycles. The zero-order chi connectivity index (χ0) is 14.0. The molecule has 0 aromatic carbocycles. The van der Waals surface area contributed by atoms with Crippen molar-refractivity contribution in [3.8, 4) is 12.3 Å². The Bertz CT molecular complexity index is 355. The highest BCUT2D eigenvalue weighted by Gasteiger charge is 2.22. The zero-order valence-corrected chi connectivity index (χ0v) is 11.7. The van der Waals surface area contributed by atoms with Gasteiger partial charge in [-0.3, -0.25) is 0 Å². The minimum Gasteiger partial charge on any atom is -0.399 e. The monoisotopic (exact) mass is 267 g/mol. The number of thioether (sulfide) groups is 1. The van der Waals surface area contributed by atoms with E-state index in [0.717, 1.165) is 17.0 Å². The van der Waals surface area contributed by atoms with Crippen molar-refractivity contribution in [2.75, 3.05) is 12.4 Å². The Morgan fingerprint density at radius 1 is 1.72 bits per heavy atom. The molecule has 2 atom stereocenters. The largest absolute Gasteiger partial charge is 0.399 e. The first kappa shape index (κ1) is 16.9. The summed E-state index contributed by atoms with van der Waals surface area (Å²) in [6.07, 6.45) is 10.6. The second kappa shape index (κ2) is 9.84. The van der Waals surface area contributed by atoms with E-state index in [4.69, 9.17) is 22.0 Å². The highest BCUT2D eigenvalue weighted by molar-refractivity contribution is 8.00. The molecule has 0 radical (unpaired) electrons. The van der Waals surface area contributed by atoms with Crippen molar-refractivity contribution in [3.05, 3.63) is 36.1 Å². The highest BCUT2D eigenvalue weighted by Crippen LogP contribution is 2.23. The number of terminal acetylenes is 1. The lowest BCUT2D eigenvalue weighted by Gasteiger charge is -2.03. The zero-order valence-electron chi connectivity index (χ0n) is 10.9. The van der Waals surface area contributed by atoms with Crippen LogP contribution in [0.25, 0.3) is 0 Å². The van der Waals surface area contributed by atoms with Gasteiger partial charge in [0.15, 0.2) is 0 Å². The van der Waals surface area contributed by atoms with Crippen molar-refractivity contribution in [1.29, 1.82) is 0 Å². The maximum atomic E-state index is 8.56. The Morgan fingerprint density at radius 2 is 2.39 bits per heavy atom. The molecule has 1 heterocycles. The van der Waals surface area contributed by atoms with E-state index < -0.39 is 0 Å². The van der Waals surface area contributed by atoms with Crippen molar-refractivity contribution in [2.24, 2.45) is 5.73 Å². The smallest absolute Gasteiger partial charge is 0.128 e. The average Bonchev–Trinajstić information content (AvgIpc) is 2.77. The molecule has 1 fully saturated rings.